The third-order valence-corrected chi connectivity index (χ3v) is 4.45. The maximum absolute atomic E-state index is 11.8. The zero-order valence-electron chi connectivity index (χ0n) is 16.3. The van der Waals surface area contributed by atoms with Crippen molar-refractivity contribution >= 4 is 23.5 Å². The van der Waals surface area contributed by atoms with Gasteiger partial charge in [0.25, 0.3) is 5.91 Å². The van der Waals surface area contributed by atoms with Crippen molar-refractivity contribution in [3.8, 4) is 0 Å². The molecule has 0 spiro atoms. The molecule has 0 saturated heterocycles. The number of primary amides is 2. The number of carbonyl (C=O) groups is 2. The standard InChI is InChI=1S/C20H25N7O2/c1-11(2)8-15(18(21)28)26-16-10-24-17(19(22)29)20(27-16)25-13-5-6-14-12(9-13)4-3-7-23-14/h3-7,9-11,14-15,23H,8H2,1-2H3,(H2,21,28)(H2,22,29)(H2,25,26,27)/t14?,15-/m1/s1. The fourth-order valence-electron chi connectivity index (χ4n) is 3.09. The number of anilines is 2. The van der Waals surface area contributed by atoms with Crippen LogP contribution in [0.3, 0.4) is 0 Å². The van der Waals surface area contributed by atoms with Gasteiger partial charge in [0.15, 0.2) is 11.5 Å². The molecule has 2 aliphatic rings. The SMILES string of the molecule is CC(C)C[C@@H](Nc1cnc(C(N)=O)c(NC2=CC3=CC=CNC3C=C2)n1)C(N)=O. The van der Waals surface area contributed by atoms with Gasteiger partial charge in [0.2, 0.25) is 5.91 Å². The molecular weight excluding hydrogens is 370 g/mol. The number of nitrogens with two attached hydrogens (primary N) is 2. The summed E-state index contributed by atoms with van der Waals surface area (Å²) in [7, 11) is 0. The number of fused-ring (bicyclic) bond motifs is 1. The largest absolute Gasteiger partial charge is 0.381 e. The minimum absolute atomic E-state index is 0.00195. The first kappa shape index (κ1) is 20.1. The van der Waals surface area contributed by atoms with Crippen LogP contribution in [0.5, 0.6) is 0 Å². The maximum Gasteiger partial charge on any atom is 0.271 e. The number of hydrogen-bond donors (Lipinski definition) is 5. The van der Waals surface area contributed by atoms with Crippen LogP contribution in [0, 0.1) is 5.92 Å². The molecule has 0 aromatic carbocycles. The second kappa shape index (κ2) is 8.59. The van der Waals surface area contributed by atoms with Gasteiger partial charge in [0, 0.05) is 5.70 Å². The maximum atomic E-state index is 11.8. The van der Waals surface area contributed by atoms with Crippen molar-refractivity contribution in [2.75, 3.05) is 10.6 Å². The lowest BCUT2D eigenvalue weighted by Gasteiger charge is -2.23. The number of nitrogens with zero attached hydrogens (tertiary/aromatic N) is 2. The first-order chi connectivity index (χ1) is 13.8. The molecular formula is C20H25N7O2. The van der Waals surface area contributed by atoms with Crippen molar-refractivity contribution in [1.82, 2.24) is 15.3 Å². The van der Waals surface area contributed by atoms with Gasteiger partial charge in [-0.1, -0.05) is 26.0 Å². The molecule has 0 radical (unpaired) electrons. The van der Waals surface area contributed by atoms with E-state index in [1.807, 2.05) is 50.4 Å². The lowest BCUT2D eigenvalue weighted by atomic mass is 9.98. The number of rotatable bonds is 8. The van der Waals surface area contributed by atoms with Crippen molar-refractivity contribution in [3.05, 3.63) is 59.7 Å². The lowest BCUT2D eigenvalue weighted by Crippen LogP contribution is -2.37. The Morgan fingerprint density at radius 3 is 2.79 bits per heavy atom. The first-order valence-electron chi connectivity index (χ1n) is 9.36. The molecule has 0 bridgehead atoms. The van der Waals surface area contributed by atoms with Gasteiger partial charge in [0.1, 0.15) is 11.9 Å². The molecule has 0 fully saturated rings. The number of carbonyl (C=O) groups excluding carboxylic acids is 2. The summed E-state index contributed by atoms with van der Waals surface area (Å²) < 4.78 is 0. The molecule has 1 aromatic heterocycles. The second-order valence-electron chi connectivity index (χ2n) is 7.30. The fourth-order valence-corrected chi connectivity index (χ4v) is 3.09. The number of hydrogen-bond acceptors (Lipinski definition) is 7. The summed E-state index contributed by atoms with van der Waals surface area (Å²) in [6.07, 6.45) is 13.5. The molecule has 1 aliphatic carbocycles. The van der Waals surface area contributed by atoms with Gasteiger partial charge in [-0.2, -0.15) is 0 Å². The third-order valence-electron chi connectivity index (χ3n) is 4.45. The Bertz CT molecular complexity index is 931. The molecule has 1 unspecified atom stereocenters. The molecule has 7 N–H and O–H groups in total. The quantitative estimate of drug-likeness (QED) is 0.443. The van der Waals surface area contributed by atoms with Crippen LogP contribution >= 0.6 is 0 Å². The highest BCUT2D eigenvalue weighted by atomic mass is 16.1. The van der Waals surface area contributed by atoms with E-state index in [1.54, 1.807) is 0 Å². The Morgan fingerprint density at radius 1 is 1.31 bits per heavy atom. The fraction of sp³-hybridized carbons (Fsp3) is 0.300. The number of dihydropyridines is 1. The van der Waals surface area contributed by atoms with Crippen LogP contribution in [-0.2, 0) is 4.79 Å². The van der Waals surface area contributed by atoms with Crippen molar-refractivity contribution in [3.63, 3.8) is 0 Å². The number of aromatic nitrogens is 2. The highest BCUT2D eigenvalue weighted by Crippen LogP contribution is 2.22. The van der Waals surface area contributed by atoms with Gasteiger partial charge in [-0.25, -0.2) is 9.97 Å². The number of nitrogens with one attached hydrogen (secondary N) is 3. The van der Waals surface area contributed by atoms with Crippen molar-refractivity contribution in [2.24, 2.45) is 17.4 Å². The zero-order valence-corrected chi connectivity index (χ0v) is 16.3. The Balaban J connectivity index is 1.86. The molecule has 29 heavy (non-hydrogen) atoms. The minimum atomic E-state index is -0.708. The van der Waals surface area contributed by atoms with Crippen molar-refractivity contribution in [2.45, 2.75) is 32.4 Å². The van der Waals surface area contributed by atoms with Gasteiger partial charge < -0.3 is 27.4 Å². The summed E-state index contributed by atoms with van der Waals surface area (Å²) in [5, 5.41) is 9.32. The van der Waals surface area contributed by atoms with E-state index in [2.05, 4.69) is 25.9 Å². The van der Waals surface area contributed by atoms with E-state index < -0.39 is 17.9 Å². The molecule has 2 heterocycles. The summed E-state index contributed by atoms with van der Waals surface area (Å²) >= 11 is 0. The van der Waals surface area contributed by atoms with Crippen LogP contribution in [-0.4, -0.2) is 33.9 Å². The monoisotopic (exact) mass is 395 g/mol. The van der Waals surface area contributed by atoms with Crippen molar-refractivity contribution in [1.29, 1.82) is 0 Å². The Kier molecular flexibility index (Phi) is 5.96. The highest BCUT2D eigenvalue weighted by molar-refractivity contribution is 5.96. The Morgan fingerprint density at radius 2 is 2.10 bits per heavy atom. The molecule has 9 heteroatoms. The van der Waals surface area contributed by atoms with E-state index in [1.165, 1.54) is 6.20 Å². The van der Waals surface area contributed by atoms with Crippen LogP contribution in [0.4, 0.5) is 11.6 Å². The Labute approximate surface area is 169 Å². The normalized spacial score (nSPS) is 18.2. The zero-order chi connectivity index (χ0) is 21.0. The predicted molar refractivity (Wildman–Crippen MR) is 112 cm³/mol. The van der Waals surface area contributed by atoms with E-state index in [0.717, 1.165) is 11.3 Å². The van der Waals surface area contributed by atoms with Crippen LogP contribution in [0.15, 0.2) is 54.0 Å². The lowest BCUT2D eigenvalue weighted by molar-refractivity contribution is -0.119. The molecule has 3 rings (SSSR count). The van der Waals surface area contributed by atoms with Gasteiger partial charge in [-0.05, 0) is 42.3 Å². The predicted octanol–water partition coefficient (Wildman–Crippen LogP) is 1.16. The van der Waals surface area contributed by atoms with Gasteiger partial charge in [-0.15, -0.1) is 0 Å². The van der Waals surface area contributed by atoms with E-state index >= 15 is 0 Å². The number of amides is 2. The summed E-state index contributed by atoms with van der Waals surface area (Å²) in [6.45, 7) is 3.98. The van der Waals surface area contributed by atoms with Gasteiger partial charge in [-0.3, -0.25) is 9.59 Å². The van der Waals surface area contributed by atoms with Gasteiger partial charge in [0.05, 0.1) is 12.2 Å². The minimum Gasteiger partial charge on any atom is -0.381 e. The van der Waals surface area contributed by atoms with E-state index in [9.17, 15) is 9.59 Å². The van der Waals surface area contributed by atoms with E-state index in [-0.39, 0.29) is 23.5 Å². The smallest absolute Gasteiger partial charge is 0.271 e. The number of allylic oxidation sites excluding steroid dienone is 3. The van der Waals surface area contributed by atoms with Gasteiger partial charge >= 0.3 is 0 Å². The highest BCUT2D eigenvalue weighted by Gasteiger charge is 2.21. The third kappa shape index (κ3) is 5.01. The average molecular weight is 395 g/mol. The van der Waals surface area contributed by atoms with Crippen molar-refractivity contribution < 1.29 is 9.59 Å². The molecule has 1 aliphatic heterocycles. The van der Waals surface area contributed by atoms with Crippen LogP contribution in [0.1, 0.15) is 30.8 Å². The Hall–Kier alpha value is -3.62. The molecule has 0 saturated carbocycles. The molecule has 2 amide bonds. The summed E-state index contributed by atoms with van der Waals surface area (Å²) in [5.41, 5.74) is 12.7. The van der Waals surface area contributed by atoms with Crippen LogP contribution in [0.25, 0.3) is 0 Å². The second-order valence-corrected chi connectivity index (χ2v) is 7.30. The average Bonchev–Trinajstić information content (AvgIpc) is 2.67. The molecule has 1 aromatic rings. The van der Waals surface area contributed by atoms with E-state index in [0.29, 0.717) is 12.2 Å². The summed E-state index contributed by atoms with van der Waals surface area (Å²) in [6, 6.07) is -0.496. The molecule has 152 valence electrons. The van der Waals surface area contributed by atoms with Crippen LogP contribution in [0.2, 0.25) is 0 Å². The topological polar surface area (TPSA) is 148 Å². The summed E-state index contributed by atoms with van der Waals surface area (Å²) in [4.78, 5) is 32.0. The molecule has 2 atom stereocenters. The first-order valence-corrected chi connectivity index (χ1v) is 9.36. The van der Waals surface area contributed by atoms with E-state index in [4.69, 9.17) is 11.5 Å². The summed E-state index contributed by atoms with van der Waals surface area (Å²) in [5.74, 6) is -0.416. The van der Waals surface area contributed by atoms with Crippen LogP contribution < -0.4 is 27.4 Å². The molecule has 9 nitrogen and oxygen atoms in total.